The summed E-state index contributed by atoms with van der Waals surface area (Å²) in [7, 11) is 0. The molecule has 2 aromatic rings. The summed E-state index contributed by atoms with van der Waals surface area (Å²) in [5.74, 6) is -1.25. The fourth-order valence-electron chi connectivity index (χ4n) is 1.81. The molecule has 0 aliphatic rings. The number of carboxylic acid groups (broad SMARTS) is 1. The first kappa shape index (κ1) is 13.2. The molecule has 19 heavy (non-hydrogen) atoms. The standard InChI is InChI=1S/C12H10ClN3O3/c1-2-16-11(12(17)18)10(15-19)9(14-16)7-5-3-4-6-8(7)13/h3-6H,2H2,1H3,(H,17,18). The van der Waals surface area contributed by atoms with Crippen molar-refractivity contribution in [3.63, 3.8) is 0 Å². The fourth-order valence-corrected chi connectivity index (χ4v) is 2.04. The average Bonchev–Trinajstić information content (AvgIpc) is 2.77. The summed E-state index contributed by atoms with van der Waals surface area (Å²) >= 11 is 6.03. The van der Waals surface area contributed by atoms with Crippen LogP contribution >= 0.6 is 11.6 Å². The van der Waals surface area contributed by atoms with Gasteiger partial charge in [0.2, 0.25) is 0 Å². The smallest absolute Gasteiger partial charge is 0.356 e. The Morgan fingerprint density at radius 1 is 1.47 bits per heavy atom. The van der Waals surface area contributed by atoms with E-state index in [-0.39, 0.29) is 17.1 Å². The molecule has 7 heteroatoms. The van der Waals surface area contributed by atoms with Crippen molar-refractivity contribution in [2.75, 3.05) is 0 Å². The molecule has 0 spiro atoms. The van der Waals surface area contributed by atoms with Crippen LogP contribution in [0.3, 0.4) is 0 Å². The summed E-state index contributed by atoms with van der Waals surface area (Å²) < 4.78 is 1.22. The molecule has 1 heterocycles. The van der Waals surface area contributed by atoms with Crippen molar-refractivity contribution >= 4 is 23.3 Å². The Hall–Kier alpha value is -2.21. The summed E-state index contributed by atoms with van der Waals surface area (Å²) in [5.41, 5.74) is 0.225. The third-order valence-electron chi connectivity index (χ3n) is 2.65. The highest BCUT2D eigenvalue weighted by Crippen LogP contribution is 2.36. The number of carbonyl (C=O) groups is 1. The van der Waals surface area contributed by atoms with E-state index in [2.05, 4.69) is 10.3 Å². The van der Waals surface area contributed by atoms with Crippen molar-refractivity contribution in [3.8, 4) is 11.3 Å². The molecule has 0 bridgehead atoms. The molecular formula is C12H10ClN3O3. The van der Waals surface area contributed by atoms with Crippen LogP contribution in [0.25, 0.3) is 11.3 Å². The molecule has 0 aliphatic heterocycles. The topological polar surface area (TPSA) is 84.5 Å². The molecule has 0 saturated heterocycles. The van der Waals surface area contributed by atoms with Gasteiger partial charge in [-0.05, 0) is 18.2 Å². The lowest BCUT2D eigenvalue weighted by molar-refractivity contribution is 0.0684. The van der Waals surface area contributed by atoms with Gasteiger partial charge < -0.3 is 5.11 Å². The van der Waals surface area contributed by atoms with Crippen LogP contribution in [0, 0.1) is 4.91 Å². The predicted octanol–water partition coefficient (Wildman–Crippen LogP) is 3.32. The van der Waals surface area contributed by atoms with Gasteiger partial charge in [0.15, 0.2) is 11.4 Å². The molecule has 1 aromatic carbocycles. The normalized spacial score (nSPS) is 10.4. The monoisotopic (exact) mass is 279 g/mol. The van der Waals surface area contributed by atoms with Crippen molar-refractivity contribution in [2.45, 2.75) is 13.5 Å². The van der Waals surface area contributed by atoms with Crippen molar-refractivity contribution < 1.29 is 9.90 Å². The zero-order valence-electron chi connectivity index (χ0n) is 10.00. The number of hydrogen-bond acceptors (Lipinski definition) is 4. The Labute approximate surface area is 113 Å². The Bertz CT molecular complexity index is 652. The highest BCUT2D eigenvalue weighted by molar-refractivity contribution is 6.33. The highest BCUT2D eigenvalue weighted by Gasteiger charge is 2.25. The Balaban J connectivity index is 2.75. The van der Waals surface area contributed by atoms with Crippen molar-refractivity contribution in [1.82, 2.24) is 9.78 Å². The van der Waals surface area contributed by atoms with Crippen LogP contribution in [0.15, 0.2) is 29.4 Å². The summed E-state index contributed by atoms with van der Waals surface area (Å²) in [6.45, 7) is 2.04. The number of hydrogen-bond donors (Lipinski definition) is 1. The SMILES string of the molecule is CCn1nc(-c2ccccc2Cl)c(N=O)c1C(=O)O. The second-order valence-electron chi connectivity index (χ2n) is 3.74. The van der Waals surface area contributed by atoms with Crippen molar-refractivity contribution in [2.24, 2.45) is 5.18 Å². The minimum atomic E-state index is -1.25. The van der Waals surface area contributed by atoms with E-state index in [9.17, 15) is 9.70 Å². The molecule has 6 nitrogen and oxygen atoms in total. The van der Waals surface area contributed by atoms with Gasteiger partial charge in [0.25, 0.3) is 0 Å². The van der Waals surface area contributed by atoms with E-state index in [1.165, 1.54) is 4.68 Å². The zero-order valence-corrected chi connectivity index (χ0v) is 10.8. The summed E-state index contributed by atoms with van der Waals surface area (Å²) in [5, 5.41) is 16.4. The maximum absolute atomic E-state index is 11.2. The van der Waals surface area contributed by atoms with Gasteiger partial charge in [0.1, 0.15) is 5.69 Å². The van der Waals surface area contributed by atoms with Gasteiger partial charge >= 0.3 is 5.97 Å². The maximum Gasteiger partial charge on any atom is 0.356 e. The van der Waals surface area contributed by atoms with Crippen LogP contribution in [0.1, 0.15) is 17.4 Å². The van der Waals surface area contributed by atoms with Gasteiger partial charge in [-0.25, -0.2) is 4.79 Å². The van der Waals surface area contributed by atoms with Gasteiger partial charge in [0.05, 0.1) is 5.02 Å². The van der Waals surface area contributed by atoms with E-state index < -0.39 is 5.97 Å². The number of rotatable bonds is 4. The van der Waals surface area contributed by atoms with Gasteiger partial charge in [-0.1, -0.05) is 29.8 Å². The molecule has 1 aromatic heterocycles. The summed E-state index contributed by atoms with van der Waals surface area (Å²) in [6.07, 6.45) is 0. The van der Waals surface area contributed by atoms with Crippen molar-refractivity contribution in [1.29, 1.82) is 0 Å². The second-order valence-corrected chi connectivity index (χ2v) is 4.15. The van der Waals surface area contributed by atoms with Crippen LogP contribution in [0.5, 0.6) is 0 Å². The molecule has 0 fully saturated rings. The van der Waals surface area contributed by atoms with E-state index in [0.717, 1.165) is 0 Å². The lowest BCUT2D eigenvalue weighted by atomic mass is 10.1. The third-order valence-corrected chi connectivity index (χ3v) is 2.98. The molecule has 98 valence electrons. The summed E-state index contributed by atoms with van der Waals surface area (Å²) in [4.78, 5) is 22.2. The molecule has 1 N–H and O–H groups in total. The van der Waals surface area contributed by atoms with Gasteiger partial charge in [-0.2, -0.15) is 5.10 Å². The lowest BCUT2D eigenvalue weighted by Crippen LogP contribution is -2.08. The van der Waals surface area contributed by atoms with Crippen molar-refractivity contribution in [3.05, 3.63) is 39.9 Å². The number of halogens is 1. The van der Waals surface area contributed by atoms with Gasteiger partial charge in [-0.15, -0.1) is 4.91 Å². The Kier molecular flexibility index (Phi) is 3.62. The third kappa shape index (κ3) is 2.22. The van der Waals surface area contributed by atoms with E-state index in [0.29, 0.717) is 17.1 Å². The highest BCUT2D eigenvalue weighted by atomic mass is 35.5. The first-order valence-corrected chi connectivity index (χ1v) is 5.90. The first-order valence-electron chi connectivity index (χ1n) is 5.52. The van der Waals surface area contributed by atoms with Crippen LogP contribution in [0.2, 0.25) is 5.02 Å². The number of benzene rings is 1. The maximum atomic E-state index is 11.2. The molecule has 0 radical (unpaired) electrons. The lowest BCUT2D eigenvalue weighted by Gasteiger charge is -1.99. The minimum absolute atomic E-state index is 0.180. The number of aryl methyl sites for hydroxylation is 1. The molecule has 0 amide bonds. The molecule has 0 saturated carbocycles. The van der Waals surface area contributed by atoms with Crippen LogP contribution in [-0.2, 0) is 6.54 Å². The second kappa shape index (κ2) is 5.19. The molecule has 0 atom stereocenters. The minimum Gasteiger partial charge on any atom is -0.476 e. The number of nitrogens with zero attached hydrogens (tertiary/aromatic N) is 3. The quantitative estimate of drug-likeness (QED) is 0.870. The number of nitroso groups, excluding NO2 is 1. The largest absolute Gasteiger partial charge is 0.476 e. The first-order chi connectivity index (χ1) is 9.10. The Morgan fingerprint density at radius 2 is 2.16 bits per heavy atom. The fraction of sp³-hybridized carbons (Fsp3) is 0.167. The molecule has 2 rings (SSSR count). The van der Waals surface area contributed by atoms with Crippen LogP contribution < -0.4 is 0 Å². The number of carboxylic acids is 1. The number of aromatic carboxylic acids is 1. The molecule has 0 aliphatic carbocycles. The Morgan fingerprint density at radius 3 is 2.68 bits per heavy atom. The predicted molar refractivity (Wildman–Crippen MR) is 70.8 cm³/mol. The number of aromatic nitrogens is 2. The average molecular weight is 280 g/mol. The molecule has 0 unspecified atom stereocenters. The van der Waals surface area contributed by atoms with Gasteiger partial charge in [0, 0.05) is 12.1 Å². The van der Waals surface area contributed by atoms with E-state index in [1.54, 1.807) is 31.2 Å². The molecular weight excluding hydrogens is 270 g/mol. The van der Waals surface area contributed by atoms with Gasteiger partial charge in [-0.3, -0.25) is 4.68 Å². The van der Waals surface area contributed by atoms with E-state index in [1.807, 2.05) is 0 Å². The van der Waals surface area contributed by atoms with E-state index in [4.69, 9.17) is 16.7 Å². The van der Waals surface area contributed by atoms with E-state index >= 15 is 0 Å². The zero-order chi connectivity index (χ0) is 14.0. The summed E-state index contributed by atoms with van der Waals surface area (Å²) in [6, 6.07) is 6.75. The van der Waals surface area contributed by atoms with Crippen LogP contribution in [0.4, 0.5) is 5.69 Å². The van der Waals surface area contributed by atoms with Crippen LogP contribution in [-0.4, -0.2) is 20.9 Å².